The molecule has 1 fully saturated rings. The van der Waals surface area contributed by atoms with Crippen molar-refractivity contribution in [3.05, 3.63) is 33.8 Å². The minimum Gasteiger partial charge on any atom is -0.383 e. The van der Waals surface area contributed by atoms with Crippen molar-refractivity contribution in [1.82, 2.24) is 4.90 Å². The molecule has 1 amide bonds. The minimum atomic E-state index is -0.994. The van der Waals surface area contributed by atoms with Crippen molar-refractivity contribution in [2.45, 2.75) is 32.3 Å². The van der Waals surface area contributed by atoms with E-state index in [1.165, 1.54) is 0 Å². The molecule has 3 nitrogen and oxygen atoms in total. The molecule has 0 unspecified atom stereocenters. The summed E-state index contributed by atoms with van der Waals surface area (Å²) in [5.41, 5.74) is 0.855. The fraction of sp³-hybridized carbons (Fsp3) is 0.500. The highest BCUT2D eigenvalue weighted by Crippen LogP contribution is 2.32. The summed E-state index contributed by atoms with van der Waals surface area (Å²) in [6.07, 6.45) is -0.271. The van der Waals surface area contributed by atoms with Crippen molar-refractivity contribution in [2.24, 2.45) is 0 Å². The Morgan fingerprint density at radius 1 is 1.26 bits per heavy atom. The fourth-order valence-corrected chi connectivity index (χ4v) is 2.40. The second-order valence-corrected chi connectivity index (χ2v) is 5.09. The van der Waals surface area contributed by atoms with Gasteiger partial charge in [0.2, 0.25) is 0 Å². The first kappa shape index (κ1) is 16.3. The van der Waals surface area contributed by atoms with Gasteiger partial charge in [0.05, 0.1) is 10.0 Å². The second kappa shape index (κ2) is 7.13. The average molecular weight is 304 g/mol. The van der Waals surface area contributed by atoms with Crippen LogP contribution in [0.25, 0.3) is 0 Å². The van der Waals surface area contributed by atoms with Gasteiger partial charge in [-0.25, -0.2) is 0 Å². The number of hydrogen-bond acceptors (Lipinski definition) is 2. The van der Waals surface area contributed by atoms with Crippen LogP contribution in [0.1, 0.15) is 31.7 Å². The Morgan fingerprint density at radius 3 is 2.47 bits per heavy atom. The molecule has 5 heteroatoms. The molecule has 0 spiro atoms. The summed E-state index contributed by atoms with van der Waals surface area (Å²) in [6.45, 7) is 4.64. The molecule has 106 valence electrons. The summed E-state index contributed by atoms with van der Waals surface area (Å²) in [5.74, 6) is -0.444. The van der Waals surface area contributed by atoms with Crippen LogP contribution in [0.15, 0.2) is 18.2 Å². The Hall–Kier alpha value is -0.770. The van der Waals surface area contributed by atoms with Gasteiger partial charge in [0.15, 0.2) is 0 Å². The van der Waals surface area contributed by atoms with Gasteiger partial charge in [-0.05, 0) is 24.1 Å². The molecule has 2 rings (SSSR count). The molecule has 0 radical (unpaired) electrons. The Morgan fingerprint density at radius 2 is 1.89 bits per heavy atom. The maximum absolute atomic E-state index is 11.7. The van der Waals surface area contributed by atoms with Crippen LogP contribution in [0.5, 0.6) is 0 Å². The van der Waals surface area contributed by atoms with Crippen molar-refractivity contribution >= 4 is 29.1 Å². The Balaban J connectivity index is 0.000000861. The third kappa shape index (κ3) is 3.62. The van der Waals surface area contributed by atoms with E-state index in [1.54, 1.807) is 30.1 Å². The van der Waals surface area contributed by atoms with E-state index in [9.17, 15) is 9.90 Å². The topological polar surface area (TPSA) is 40.5 Å². The van der Waals surface area contributed by atoms with Crippen LogP contribution in [-0.4, -0.2) is 35.6 Å². The van der Waals surface area contributed by atoms with Crippen molar-refractivity contribution in [1.29, 1.82) is 0 Å². The number of halogens is 2. The van der Waals surface area contributed by atoms with Gasteiger partial charge in [0.25, 0.3) is 5.91 Å². The van der Waals surface area contributed by atoms with E-state index >= 15 is 0 Å². The molecule has 1 aromatic carbocycles. The lowest BCUT2D eigenvalue weighted by molar-refractivity contribution is -0.143. The zero-order chi connectivity index (χ0) is 14.6. The first-order valence-corrected chi connectivity index (χ1v) is 7.14. The molecular weight excluding hydrogens is 285 g/mol. The van der Waals surface area contributed by atoms with Gasteiger partial charge < -0.3 is 10.0 Å². The number of carbonyl (C=O) groups is 1. The number of likely N-dealkylation sites (tertiary alicyclic amines) is 1. The molecule has 1 saturated heterocycles. The van der Waals surface area contributed by atoms with E-state index in [-0.39, 0.29) is 11.8 Å². The van der Waals surface area contributed by atoms with Gasteiger partial charge in [-0.3, -0.25) is 4.79 Å². The van der Waals surface area contributed by atoms with Crippen LogP contribution in [0, 0.1) is 0 Å². The molecule has 1 aliphatic rings. The number of aliphatic hydroxyl groups excluding tert-OH is 1. The zero-order valence-corrected chi connectivity index (χ0v) is 12.9. The Kier molecular flexibility index (Phi) is 6.11. The number of nitrogens with zero attached hydrogens (tertiary/aromatic N) is 1. The molecule has 19 heavy (non-hydrogen) atoms. The first-order chi connectivity index (χ1) is 9.00. The van der Waals surface area contributed by atoms with E-state index in [0.717, 1.165) is 12.0 Å². The lowest BCUT2D eigenvalue weighted by Crippen LogP contribution is -2.45. The highest BCUT2D eigenvalue weighted by Gasteiger charge is 2.34. The number of amides is 1. The number of aliphatic hydroxyl groups is 1. The predicted octanol–water partition coefficient (Wildman–Crippen LogP) is 3.33. The van der Waals surface area contributed by atoms with Crippen molar-refractivity contribution in [3.63, 3.8) is 0 Å². The lowest BCUT2D eigenvalue weighted by Gasteiger charge is -2.33. The summed E-state index contributed by atoms with van der Waals surface area (Å²) in [4.78, 5) is 13.2. The van der Waals surface area contributed by atoms with Crippen LogP contribution >= 0.6 is 23.2 Å². The summed E-state index contributed by atoms with van der Waals surface area (Å²) in [5, 5.41) is 10.9. The van der Waals surface area contributed by atoms with Crippen LogP contribution in [0.3, 0.4) is 0 Å². The maximum Gasteiger partial charge on any atom is 0.251 e. The summed E-state index contributed by atoms with van der Waals surface area (Å²) in [7, 11) is 1.69. The average Bonchev–Trinajstić information content (AvgIpc) is 2.42. The predicted molar refractivity (Wildman–Crippen MR) is 78.8 cm³/mol. The summed E-state index contributed by atoms with van der Waals surface area (Å²) in [6, 6.07) is 5.21. The highest BCUT2D eigenvalue weighted by molar-refractivity contribution is 6.42. The van der Waals surface area contributed by atoms with E-state index in [4.69, 9.17) is 23.2 Å². The van der Waals surface area contributed by atoms with Gasteiger partial charge in [0.1, 0.15) is 6.10 Å². The van der Waals surface area contributed by atoms with Crippen LogP contribution in [0.2, 0.25) is 10.0 Å². The van der Waals surface area contributed by atoms with Crippen molar-refractivity contribution < 1.29 is 9.90 Å². The molecule has 2 atom stereocenters. The number of carbonyl (C=O) groups excluding carboxylic acids is 1. The monoisotopic (exact) mass is 303 g/mol. The molecular formula is C14H19Cl2NO2. The molecule has 0 aromatic heterocycles. The fourth-order valence-electron chi connectivity index (χ4n) is 2.09. The molecule has 1 aromatic rings. The number of hydrogen-bond donors (Lipinski definition) is 1. The normalized spacial score (nSPS) is 22.8. The number of likely N-dealkylation sites (N-methyl/N-ethyl adjacent to an activating group) is 1. The van der Waals surface area contributed by atoms with Gasteiger partial charge >= 0.3 is 0 Å². The molecule has 0 saturated carbocycles. The maximum atomic E-state index is 11.7. The number of piperidine rings is 1. The van der Waals surface area contributed by atoms with E-state index in [0.29, 0.717) is 16.6 Å². The Labute approximate surface area is 124 Å². The Bertz CT molecular complexity index is 451. The smallest absolute Gasteiger partial charge is 0.251 e. The van der Waals surface area contributed by atoms with Gasteiger partial charge in [-0.2, -0.15) is 0 Å². The van der Waals surface area contributed by atoms with Crippen molar-refractivity contribution in [3.8, 4) is 0 Å². The number of rotatable bonds is 1. The van der Waals surface area contributed by atoms with Gasteiger partial charge in [-0.15, -0.1) is 0 Å². The quantitative estimate of drug-likeness (QED) is 0.864. The zero-order valence-electron chi connectivity index (χ0n) is 11.4. The standard InChI is InChI=1S/C12H13Cl2NO2.C2H6/c1-15-5-4-8(11(16)12(15)17)7-2-3-9(13)10(14)6-7;1-2/h2-3,6,8,11,16H,4-5H2,1H3;1-2H3/t8-,11+;/m1./s1. The van der Waals surface area contributed by atoms with Crippen molar-refractivity contribution in [2.75, 3.05) is 13.6 Å². The molecule has 0 bridgehead atoms. The molecule has 0 aliphatic carbocycles. The van der Waals surface area contributed by atoms with Crippen LogP contribution in [-0.2, 0) is 4.79 Å². The van der Waals surface area contributed by atoms with Gasteiger partial charge in [0, 0.05) is 19.5 Å². The first-order valence-electron chi connectivity index (χ1n) is 6.38. The molecule has 1 N–H and O–H groups in total. The van der Waals surface area contributed by atoms with Crippen LogP contribution in [0.4, 0.5) is 0 Å². The SMILES string of the molecule is CC.CN1CC[C@H](c2ccc(Cl)c(Cl)c2)[C@H](O)C1=O. The molecule has 1 heterocycles. The number of benzene rings is 1. The van der Waals surface area contributed by atoms with E-state index < -0.39 is 6.10 Å². The third-order valence-electron chi connectivity index (χ3n) is 3.16. The third-order valence-corrected chi connectivity index (χ3v) is 3.90. The highest BCUT2D eigenvalue weighted by atomic mass is 35.5. The summed E-state index contributed by atoms with van der Waals surface area (Å²) >= 11 is 11.8. The van der Waals surface area contributed by atoms with Crippen LogP contribution < -0.4 is 0 Å². The summed E-state index contributed by atoms with van der Waals surface area (Å²) < 4.78 is 0. The molecule has 1 aliphatic heterocycles. The second-order valence-electron chi connectivity index (χ2n) is 4.27. The van der Waals surface area contributed by atoms with E-state index in [1.807, 2.05) is 13.8 Å². The van der Waals surface area contributed by atoms with E-state index in [2.05, 4.69) is 0 Å². The van der Waals surface area contributed by atoms with Gasteiger partial charge in [-0.1, -0.05) is 43.1 Å². The largest absolute Gasteiger partial charge is 0.383 e. The lowest BCUT2D eigenvalue weighted by atomic mass is 9.87. The minimum absolute atomic E-state index is 0.200.